The van der Waals surface area contributed by atoms with Crippen LogP contribution in [0.5, 0.6) is 11.5 Å². The van der Waals surface area contributed by atoms with Gasteiger partial charge in [-0.2, -0.15) is 0 Å². The maximum absolute atomic E-state index is 12.7. The molecule has 2 aliphatic heterocycles. The van der Waals surface area contributed by atoms with Crippen molar-refractivity contribution in [2.75, 3.05) is 29.8 Å². The van der Waals surface area contributed by atoms with Gasteiger partial charge in [0.05, 0.1) is 17.5 Å². The Balaban J connectivity index is 1.50. The van der Waals surface area contributed by atoms with Crippen molar-refractivity contribution in [1.29, 1.82) is 0 Å². The van der Waals surface area contributed by atoms with Crippen LogP contribution in [-0.2, 0) is 10.0 Å². The number of ether oxygens (including phenoxy) is 2. The second kappa shape index (κ2) is 7.35. The predicted molar refractivity (Wildman–Crippen MR) is 106 cm³/mol. The fraction of sp³-hybridized carbons (Fsp3) is 0.350. The molecule has 4 rings (SSSR count). The lowest BCUT2D eigenvalue weighted by Crippen LogP contribution is -2.28. The van der Waals surface area contributed by atoms with Crippen LogP contribution in [0.3, 0.4) is 0 Å². The molecule has 1 atom stereocenters. The molecule has 2 aromatic carbocycles. The first kappa shape index (κ1) is 18.6. The van der Waals surface area contributed by atoms with Gasteiger partial charge in [0.2, 0.25) is 10.0 Å². The van der Waals surface area contributed by atoms with Crippen molar-refractivity contribution in [3.05, 3.63) is 53.6 Å². The van der Waals surface area contributed by atoms with Gasteiger partial charge >= 0.3 is 0 Å². The van der Waals surface area contributed by atoms with E-state index in [-0.39, 0.29) is 17.7 Å². The van der Waals surface area contributed by atoms with Crippen LogP contribution in [0.1, 0.15) is 35.3 Å². The highest BCUT2D eigenvalue weighted by molar-refractivity contribution is 7.93. The van der Waals surface area contributed by atoms with E-state index in [0.29, 0.717) is 48.9 Å². The molecule has 28 heavy (non-hydrogen) atoms. The molecule has 0 aromatic heterocycles. The van der Waals surface area contributed by atoms with Crippen molar-refractivity contribution in [1.82, 2.24) is 5.32 Å². The Labute approximate surface area is 164 Å². The average Bonchev–Trinajstić information content (AvgIpc) is 3.06. The van der Waals surface area contributed by atoms with Gasteiger partial charge < -0.3 is 14.8 Å². The van der Waals surface area contributed by atoms with Gasteiger partial charge in [0.15, 0.2) is 11.5 Å². The molecule has 1 N–H and O–H groups in total. The summed E-state index contributed by atoms with van der Waals surface area (Å²) in [7, 11) is -3.28. The van der Waals surface area contributed by atoms with Crippen LogP contribution in [0, 0.1) is 0 Å². The first-order chi connectivity index (χ1) is 13.4. The van der Waals surface area contributed by atoms with Crippen LogP contribution < -0.4 is 19.1 Å². The molecule has 2 aromatic rings. The summed E-state index contributed by atoms with van der Waals surface area (Å²) in [5.74, 6) is 1.25. The summed E-state index contributed by atoms with van der Waals surface area (Å²) in [4.78, 5) is 12.7. The number of anilines is 1. The van der Waals surface area contributed by atoms with Crippen molar-refractivity contribution in [2.24, 2.45) is 0 Å². The molecule has 2 aliphatic rings. The summed E-state index contributed by atoms with van der Waals surface area (Å²) in [5, 5.41) is 2.95. The Morgan fingerprint density at radius 3 is 2.64 bits per heavy atom. The minimum Gasteiger partial charge on any atom is -0.486 e. The van der Waals surface area contributed by atoms with Gasteiger partial charge in [-0.15, -0.1) is 0 Å². The highest BCUT2D eigenvalue weighted by Gasteiger charge is 2.28. The number of nitrogens with one attached hydrogen (secondary N) is 1. The Hall–Kier alpha value is -2.74. The zero-order valence-corrected chi connectivity index (χ0v) is 16.4. The maximum Gasteiger partial charge on any atom is 0.251 e. The van der Waals surface area contributed by atoms with E-state index in [9.17, 15) is 13.2 Å². The van der Waals surface area contributed by atoms with Gasteiger partial charge in [0.1, 0.15) is 13.2 Å². The third-order valence-corrected chi connectivity index (χ3v) is 6.78. The fourth-order valence-electron chi connectivity index (χ4n) is 3.42. The Bertz CT molecular complexity index is 1010. The van der Waals surface area contributed by atoms with Crippen molar-refractivity contribution in [3.63, 3.8) is 0 Å². The number of nitrogens with zero attached hydrogens (tertiary/aromatic N) is 1. The number of carbonyl (C=O) groups excluding carboxylic acids is 1. The summed E-state index contributed by atoms with van der Waals surface area (Å²) in [6.07, 6.45) is 0.597. The molecule has 0 aliphatic carbocycles. The first-order valence-electron chi connectivity index (χ1n) is 9.25. The SMILES string of the molecule is CC(NC(=O)c1cccc(N2CCCS2(=O)=O)c1)c1ccc2c(c1)OCCO2. The lowest BCUT2D eigenvalue weighted by Gasteiger charge is -2.21. The van der Waals surface area contributed by atoms with Gasteiger partial charge in [-0.3, -0.25) is 9.10 Å². The summed E-state index contributed by atoms with van der Waals surface area (Å²) >= 11 is 0. The molecule has 0 bridgehead atoms. The Morgan fingerprint density at radius 1 is 1.11 bits per heavy atom. The quantitative estimate of drug-likeness (QED) is 0.849. The van der Waals surface area contributed by atoms with E-state index < -0.39 is 10.0 Å². The van der Waals surface area contributed by atoms with Gasteiger partial charge in [-0.05, 0) is 49.2 Å². The van der Waals surface area contributed by atoms with Gasteiger partial charge in [0.25, 0.3) is 5.91 Å². The van der Waals surface area contributed by atoms with E-state index in [1.165, 1.54) is 4.31 Å². The van der Waals surface area contributed by atoms with Crippen molar-refractivity contribution in [3.8, 4) is 11.5 Å². The van der Waals surface area contributed by atoms with Gasteiger partial charge in [-0.25, -0.2) is 8.42 Å². The molecule has 8 heteroatoms. The Kier molecular flexibility index (Phi) is 4.89. The largest absolute Gasteiger partial charge is 0.486 e. The van der Waals surface area contributed by atoms with E-state index in [1.54, 1.807) is 24.3 Å². The molecule has 1 fully saturated rings. The highest BCUT2D eigenvalue weighted by Crippen LogP contribution is 2.32. The van der Waals surface area contributed by atoms with Crippen molar-refractivity contribution < 1.29 is 22.7 Å². The minimum absolute atomic E-state index is 0.143. The lowest BCUT2D eigenvalue weighted by atomic mass is 10.1. The molecule has 2 heterocycles. The Morgan fingerprint density at radius 2 is 1.89 bits per heavy atom. The standard InChI is InChI=1S/C20H22N2O5S/c1-14(15-6-7-18-19(13-15)27-10-9-26-18)21-20(23)16-4-2-5-17(12-16)22-8-3-11-28(22,24)25/h2,4-7,12-14H,3,8-11H2,1H3,(H,21,23). The zero-order valence-electron chi connectivity index (χ0n) is 15.6. The van der Waals surface area contributed by atoms with Crippen LogP contribution in [-0.4, -0.2) is 39.8 Å². The van der Waals surface area contributed by atoms with E-state index in [0.717, 1.165) is 5.56 Å². The topological polar surface area (TPSA) is 84.9 Å². The number of rotatable bonds is 4. The van der Waals surface area contributed by atoms with Crippen molar-refractivity contribution in [2.45, 2.75) is 19.4 Å². The highest BCUT2D eigenvalue weighted by atomic mass is 32.2. The third-order valence-electron chi connectivity index (χ3n) is 4.91. The van der Waals surface area contributed by atoms with E-state index in [1.807, 2.05) is 25.1 Å². The van der Waals surface area contributed by atoms with Crippen LogP contribution >= 0.6 is 0 Å². The first-order valence-corrected chi connectivity index (χ1v) is 10.9. The number of amides is 1. The average molecular weight is 402 g/mol. The van der Waals surface area contributed by atoms with E-state index in [2.05, 4.69) is 5.32 Å². The molecule has 148 valence electrons. The number of carbonyl (C=O) groups is 1. The lowest BCUT2D eigenvalue weighted by molar-refractivity contribution is 0.0939. The number of fused-ring (bicyclic) bond motifs is 1. The van der Waals surface area contributed by atoms with Crippen LogP contribution in [0.15, 0.2) is 42.5 Å². The smallest absolute Gasteiger partial charge is 0.251 e. The molecule has 0 spiro atoms. The third kappa shape index (κ3) is 3.64. The van der Waals surface area contributed by atoms with Gasteiger partial charge in [-0.1, -0.05) is 12.1 Å². The van der Waals surface area contributed by atoms with Crippen molar-refractivity contribution >= 4 is 21.6 Å². The molecule has 0 saturated carbocycles. The maximum atomic E-state index is 12.7. The fourth-order valence-corrected chi connectivity index (χ4v) is 4.98. The number of sulfonamides is 1. The molecule has 7 nitrogen and oxygen atoms in total. The molecular formula is C20H22N2O5S. The molecule has 1 saturated heterocycles. The number of hydrogen-bond acceptors (Lipinski definition) is 5. The molecule has 1 unspecified atom stereocenters. The summed E-state index contributed by atoms with van der Waals surface area (Å²) < 4.78 is 36.7. The summed E-state index contributed by atoms with van der Waals surface area (Å²) in [6.45, 7) is 3.37. The number of benzene rings is 2. The van der Waals surface area contributed by atoms with Crippen LogP contribution in [0.4, 0.5) is 5.69 Å². The second-order valence-corrected chi connectivity index (χ2v) is 8.90. The molecule has 1 amide bonds. The monoisotopic (exact) mass is 402 g/mol. The normalized spacial score (nSPS) is 18.5. The predicted octanol–water partition coefficient (Wildman–Crippen LogP) is 2.49. The van der Waals surface area contributed by atoms with E-state index >= 15 is 0 Å². The number of hydrogen-bond donors (Lipinski definition) is 1. The molecule has 0 radical (unpaired) electrons. The summed E-state index contributed by atoms with van der Waals surface area (Å²) in [6, 6.07) is 12.1. The second-order valence-electron chi connectivity index (χ2n) is 6.89. The summed E-state index contributed by atoms with van der Waals surface area (Å²) in [5.41, 5.74) is 1.84. The molecular weight excluding hydrogens is 380 g/mol. The van der Waals surface area contributed by atoms with Gasteiger partial charge in [0, 0.05) is 12.1 Å². The van der Waals surface area contributed by atoms with Crippen LogP contribution in [0.2, 0.25) is 0 Å². The minimum atomic E-state index is -3.28. The van der Waals surface area contributed by atoms with E-state index in [4.69, 9.17) is 9.47 Å². The zero-order chi connectivity index (χ0) is 19.7. The van der Waals surface area contributed by atoms with Crippen LogP contribution in [0.25, 0.3) is 0 Å².